The van der Waals surface area contributed by atoms with E-state index in [1.54, 1.807) is 0 Å². The molecule has 0 fully saturated rings. The van der Waals surface area contributed by atoms with Crippen molar-refractivity contribution in [2.75, 3.05) is 0 Å². The zero-order valence-electron chi connectivity index (χ0n) is 8.61. The summed E-state index contributed by atoms with van der Waals surface area (Å²) in [6, 6.07) is -2.32. The Bertz CT molecular complexity index is 316. The van der Waals surface area contributed by atoms with Crippen LogP contribution in [0.3, 0.4) is 0 Å². The van der Waals surface area contributed by atoms with E-state index >= 15 is 0 Å². The third kappa shape index (κ3) is 2.05. The normalized spacial score (nSPS) is 19.9. The van der Waals surface area contributed by atoms with E-state index in [9.17, 15) is 4.79 Å². The van der Waals surface area contributed by atoms with Gasteiger partial charge >= 0.3 is 5.97 Å². The number of hydrogen-bond acceptors (Lipinski definition) is 3. The van der Waals surface area contributed by atoms with Gasteiger partial charge in [-0.25, -0.2) is 4.98 Å². The lowest BCUT2D eigenvalue weighted by Crippen LogP contribution is -2.32. The Hall–Kier alpha value is -1.36. The van der Waals surface area contributed by atoms with E-state index in [0.29, 0.717) is 5.69 Å². The maximum atomic E-state index is 10.7. The Kier molecular flexibility index (Phi) is 1.29. The fourth-order valence-electron chi connectivity index (χ4n) is 0.635. The molecular formula is C6H9N3O2. The molecule has 1 heterocycles. The molecule has 0 unspecified atom stereocenters. The number of aromatic amines is 1. The van der Waals surface area contributed by atoms with Crippen LogP contribution < -0.4 is 5.72 Å². The predicted octanol–water partition coefficient (Wildman–Crippen LogP) is -0.636. The van der Waals surface area contributed by atoms with Crippen molar-refractivity contribution in [3.63, 3.8) is 0 Å². The van der Waals surface area contributed by atoms with E-state index in [1.807, 2.05) is 0 Å². The highest BCUT2D eigenvalue weighted by atomic mass is 16.4. The number of imidazole rings is 1. The molecule has 0 spiro atoms. The Labute approximate surface area is 67.6 Å². The number of nitrogens with two attached hydrogens (primary N) is 1. The molecule has 0 aliphatic rings. The van der Waals surface area contributed by atoms with Gasteiger partial charge in [0, 0.05) is 12.6 Å². The van der Waals surface area contributed by atoms with Crippen molar-refractivity contribution < 1.29 is 14.1 Å². The maximum absolute atomic E-state index is 10.7. The Morgan fingerprint density at radius 2 is 3.00 bits per heavy atom. The predicted molar refractivity (Wildman–Crippen MR) is 37.9 cm³/mol. The van der Waals surface area contributed by atoms with E-state index in [4.69, 9.17) is 9.30 Å². The quantitative estimate of drug-likeness (QED) is 0.543. The lowest BCUT2D eigenvalue weighted by molar-refractivity contribution is -0.138. The van der Waals surface area contributed by atoms with Gasteiger partial charge in [-0.2, -0.15) is 0 Å². The molecule has 0 aliphatic heterocycles. The van der Waals surface area contributed by atoms with Gasteiger partial charge in [0.05, 0.1) is 13.4 Å². The monoisotopic (exact) mass is 158 g/mol. The molecule has 0 saturated carbocycles. The summed E-state index contributed by atoms with van der Waals surface area (Å²) in [4.78, 5) is 17.0. The summed E-state index contributed by atoms with van der Waals surface area (Å²) in [7, 11) is 0. The number of hydrogen-bond donors (Lipinski definition) is 3. The molecule has 1 rings (SSSR count). The van der Waals surface area contributed by atoms with Crippen LogP contribution in [-0.2, 0) is 11.2 Å². The summed E-state index contributed by atoms with van der Waals surface area (Å²) in [6.45, 7) is 0. The van der Waals surface area contributed by atoms with Gasteiger partial charge in [-0.1, -0.05) is 0 Å². The van der Waals surface area contributed by atoms with Gasteiger partial charge in [-0.3, -0.25) is 4.79 Å². The highest BCUT2D eigenvalue weighted by Crippen LogP contribution is 1.95. The van der Waals surface area contributed by atoms with Crippen molar-refractivity contribution in [3.05, 3.63) is 18.2 Å². The molecule has 1 aromatic heterocycles. The maximum Gasteiger partial charge on any atom is 0.320 e. The number of nitrogens with one attached hydrogen (secondary N) is 1. The van der Waals surface area contributed by atoms with Crippen molar-refractivity contribution in [2.24, 2.45) is 5.72 Å². The summed E-state index contributed by atoms with van der Waals surface area (Å²) in [5.74, 6) is -1.55. The van der Waals surface area contributed by atoms with Gasteiger partial charge in [-0.05, 0) is 0 Å². The van der Waals surface area contributed by atoms with E-state index in [2.05, 4.69) is 9.97 Å². The molecule has 1 aromatic rings. The Morgan fingerprint density at radius 1 is 2.18 bits per heavy atom. The first kappa shape index (κ1) is 4.50. The van der Waals surface area contributed by atoms with Crippen LogP contribution in [0.4, 0.5) is 0 Å². The van der Waals surface area contributed by atoms with Crippen LogP contribution in [0.25, 0.3) is 0 Å². The fourth-order valence-corrected chi connectivity index (χ4v) is 0.635. The number of carboxylic acids is 1. The lowest BCUT2D eigenvalue weighted by Gasteiger charge is -2.01. The van der Waals surface area contributed by atoms with Gasteiger partial charge in [0.25, 0.3) is 0 Å². The van der Waals surface area contributed by atoms with Crippen molar-refractivity contribution in [1.29, 1.82) is 0 Å². The SMILES string of the molecule is [2H]N([2H])[C@@]([2H])(Cc1c[nH]cn1)C(=O)O. The summed E-state index contributed by atoms with van der Waals surface area (Å²) in [5, 5.41) is 8.69. The van der Waals surface area contributed by atoms with Crippen LogP contribution in [0.15, 0.2) is 12.5 Å². The minimum atomic E-state index is -2.32. The zero-order chi connectivity index (χ0) is 10.8. The molecule has 5 heteroatoms. The fraction of sp³-hybridized carbons (Fsp3) is 0.333. The smallest absolute Gasteiger partial charge is 0.320 e. The number of aromatic nitrogens is 2. The van der Waals surface area contributed by atoms with Gasteiger partial charge in [-0.15, -0.1) is 0 Å². The molecule has 0 amide bonds. The second-order valence-corrected chi connectivity index (χ2v) is 1.99. The zero-order valence-corrected chi connectivity index (χ0v) is 5.61. The van der Waals surface area contributed by atoms with Crippen LogP contribution in [-0.4, -0.2) is 27.1 Å². The number of carboxylic acid groups (broad SMARTS) is 1. The van der Waals surface area contributed by atoms with Crippen LogP contribution in [0, 0.1) is 0 Å². The van der Waals surface area contributed by atoms with Gasteiger partial charge in [0.15, 0.2) is 0 Å². The summed E-state index contributed by atoms with van der Waals surface area (Å²) in [6.07, 6.45) is 2.45. The molecular weight excluding hydrogens is 146 g/mol. The topological polar surface area (TPSA) is 92.0 Å². The van der Waals surface area contributed by atoms with E-state index < -0.39 is 12.0 Å². The van der Waals surface area contributed by atoms with E-state index in [-0.39, 0.29) is 12.1 Å². The van der Waals surface area contributed by atoms with Gasteiger partial charge in [0.1, 0.15) is 8.84 Å². The average Bonchev–Trinajstić information content (AvgIpc) is 2.55. The molecule has 0 bridgehead atoms. The summed E-state index contributed by atoms with van der Waals surface area (Å²) < 4.78 is 21.1. The number of nitrogens with zero attached hydrogens (tertiary/aromatic N) is 1. The van der Waals surface area contributed by atoms with E-state index in [1.165, 1.54) is 12.5 Å². The summed E-state index contributed by atoms with van der Waals surface area (Å²) in [5.41, 5.74) is 0.177. The standard InChI is InChI=1S/C6H9N3O2/c7-5(6(10)11)1-4-2-8-3-9-4/h2-3,5H,1,7H2,(H,8,9)(H,10,11)/t5-/m0/s1/i5D/hD2. The van der Waals surface area contributed by atoms with Gasteiger partial charge in [0.2, 0.25) is 0 Å². The van der Waals surface area contributed by atoms with Crippen LogP contribution in [0.1, 0.15) is 7.06 Å². The molecule has 0 aromatic carbocycles. The first-order chi connectivity index (χ1) is 6.47. The van der Waals surface area contributed by atoms with E-state index in [0.717, 1.165) is 0 Å². The minimum absolute atomic E-state index is 0.149. The van der Waals surface area contributed by atoms with Crippen molar-refractivity contribution in [2.45, 2.75) is 12.4 Å². The Balaban J connectivity index is 2.85. The number of carbonyl (C=O) groups is 1. The molecule has 1 atom stereocenters. The molecule has 0 saturated heterocycles. The first-order valence-corrected chi connectivity index (χ1v) is 2.96. The van der Waals surface area contributed by atoms with Crippen molar-refractivity contribution in [1.82, 2.24) is 9.97 Å². The third-order valence-electron chi connectivity index (χ3n) is 1.15. The van der Waals surface area contributed by atoms with Crippen molar-refractivity contribution in [3.8, 4) is 0 Å². The second-order valence-electron chi connectivity index (χ2n) is 1.99. The number of rotatable bonds is 4. The molecule has 11 heavy (non-hydrogen) atoms. The third-order valence-corrected chi connectivity index (χ3v) is 1.15. The van der Waals surface area contributed by atoms with Crippen molar-refractivity contribution >= 4 is 5.97 Å². The highest BCUT2D eigenvalue weighted by Gasteiger charge is 2.12. The Morgan fingerprint density at radius 3 is 3.45 bits per heavy atom. The van der Waals surface area contributed by atoms with Crippen LogP contribution in [0.5, 0.6) is 0 Å². The molecule has 0 aliphatic carbocycles. The second kappa shape index (κ2) is 3.16. The van der Waals surface area contributed by atoms with Crippen LogP contribution >= 0.6 is 0 Å². The molecule has 0 radical (unpaired) electrons. The number of H-pyrrole nitrogens is 1. The van der Waals surface area contributed by atoms with Gasteiger partial charge < -0.3 is 15.8 Å². The number of aliphatic carboxylic acids is 1. The largest absolute Gasteiger partial charge is 0.480 e. The molecule has 5 nitrogen and oxygen atoms in total. The average molecular weight is 158 g/mol. The lowest BCUT2D eigenvalue weighted by atomic mass is 10.2. The highest BCUT2D eigenvalue weighted by molar-refractivity contribution is 5.73. The van der Waals surface area contributed by atoms with Crippen LogP contribution in [0.2, 0.25) is 2.82 Å². The summed E-state index contributed by atoms with van der Waals surface area (Å²) >= 11 is 0. The minimum Gasteiger partial charge on any atom is -0.480 e. The molecule has 60 valence electrons. The first-order valence-electron chi connectivity index (χ1n) is 4.35. The molecule has 4 N–H and O–H groups in total.